The first kappa shape index (κ1) is 14.6. The predicted molar refractivity (Wildman–Crippen MR) is 78.0 cm³/mol. The number of carbonyl (C=O) groups is 2. The zero-order chi connectivity index (χ0) is 14.5. The molecule has 0 spiro atoms. The minimum Gasteiger partial charge on any atom is -0.352 e. The summed E-state index contributed by atoms with van der Waals surface area (Å²) in [5.74, 6) is 0.245. The summed E-state index contributed by atoms with van der Waals surface area (Å²) in [6.45, 7) is 5.60. The Kier molecular flexibility index (Phi) is 4.77. The molecule has 1 aliphatic rings. The second kappa shape index (κ2) is 6.55. The monoisotopic (exact) mass is 274 g/mol. The molecule has 1 saturated heterocycles. The molecule has 0 unspecified atom stereocenters. The van der Waals surface area contributed by atoms with Crippen molar-refractivity contribution in [3.05, 3.63) is 35.4 Å². The van der Waals surface area contributed by atoms with Crippen LogP contribution in [0.4, 0.5) is 0 Å². The molecule has 20 heavy (non-hydrogen) atoms. The van der Waals surface area contributed by atoms with E-state index in [4.69, 9.17) is 0 Å². The van der Waals surface area contributed by atoms with Crippen molar-refractivity contribution in [2.75, 3.05) is 13.1 Å². The van der Waals surface area contributed by atoms with Gasteiger partial charge in [-0.25, -0.2) is 0 Å². The third-order valence-electron chi connectivity index (χ3n) is 4.03. The SMILES string of the molecule is CC(=O)N1CCC(C(=O)NCc2ccccc2C)CC1. The molecule has 1 N–H and O–H groups in total. The summed E-state index contributed by atoms with van der Waals surface area (Å²) in [5.41, 5.74) is 2.35. The number of amides is 2. The van der Waals surface area contributed by atoms with Gasteiger partial charge in [-0.15, -0.1) is 0 Å². The second-order valence-electron chi connectivity index (χ2n) is 5.42. The summed E-state index contributed by atoms with van der Waals surface area (Å²) < 4.78 is 0. The predicted octanol–water partition coefficient (Wildman–Crippen LogP) is 1.87. The highest BCUT2D eigenvalue weighted by Crippen LogP contribution is 2.17. The van der Waals surface area contributed by atoms with Gasteiger partial charge in [0.2, 0.25) is 11.8 Å². The van der Waals surface area contributed by atoms with Crippen LogP contribution in [-0.2, 0) is 16.1 Å². The van der Waals surface area contributed by atoms with Crippen LogP contribution in [-0.4, -0.2) is 29.8 Å². The number of benzene rings is 1. The summed E-state index contributed by atoms with van der Waals surface area (Å²) in [4.78, 5) is 25.2. The van der Waals surface area contributed by atoms with Crippen LogP contribution in [0.1, 0.15) is 30.9 Å². The molecule has 1 aromatic carbocycles. The topological polar surface area (TPSA) is 49.4 Å². The fraction of sp³-hybridized carbons (Fsp3) is 0.500. The minimum absolute atomic E-state index is 0.0367. The summed E-state index contributed by atoms with van der Waals surface area (Å²) in [6.07, 6.45) is 1.53. The van der Waals surface area contributed by atoms with E-state index in [1.807, 2.05) is 36.1 Å². The first-order valence-corrected chi connectivity index (χ1v) is 7.15. The smallest absolute Gasteiger partial charge is 0.223 e. The van der Waals surface area contributed by atoms with Crippen molar-refractivity contribution in [3.8, 4) is 0 Å². The molecule has 1 aromatic rings. The fourth-order valence-corrected chi connectivity index (χ4v) is 2.59. The lowest BCUT2D eigenvalue weighted by atomic mass is 9.95. The molecule has 0 bridgehead atoms. The zero-order valence-electron chi connectivity index (χ0n) is 12.2. The van der Waals surface area contributed by atoms with E-state index < -0.39 is 0 Å². The third kappa shape index (κ3) is 3.59. The first-order chi connectivity index (χ1) is 9.58. The highest BCUT2D eigenvalue weighted by Gasteiger charge is 2.25. The van der Waals surface area contributed by atoms with Gasteiger partial charge in [0.15, 0.2) is 0 Å². The van der Waals surface area contributed by atoms with Crippen LogP contribution in [0.5, 0.6) is 0 Å². The van der Waals surface area contributed by atoms with Crippen molar-refractivity contribution in [1.29, 1.82) is 0 Å². The maximum absolute atomic E-state index is 12.1. The van der Waals surface area contributed by atoms with Crippen LogP contribution in [0.15, 0.2) is 24.3 Å². The fourth-order valence-electron chi connectivity index (χ4n) is 2.59. The van der Waals surface area contributed by atoms with Gasteiger partial charge in [-0.3, -0.25) is 9.59 Å². The third-order valence-corrected chi connectivity index (χ3v) is 4.03. The summed E-state index contributed by atoms with van der Waals surface area (Å²) in [5, 5.41) is 3.01. The van der Waals surface area contributed by atoms with E-state index in [1.165, 1.54) is 5.56 Å². The Morgan fingerprint density at radius 2 is 1.90 bits per heavy atom. The average Bonchev–Trinajstić information content (AvgIpc) is 2.46. The zero-order valence-corrected chi connectivity index (χ0v) is 12.2. The average molecular weight is 274 g/mol. The second-order valence-corrected chi connectivity index (χ2v) is 5.42. The first-order valence-electron chi connectivity index (χ1n) is 7.15. The lowest BCUT2D eigenvalue weighted by Gasteiger charge is -2.30. The van der Waals surface area contributed by atoms with Gasteiger partial charge in [-0.1, -0.05) is 24.3 Å². The standard InChI is InChI=1S/C16H22N2O2/c1-12-5-3-4-6-15(12)11-17-16(20)14-7-9-18(10-8-14)13(2)19/h3-6,14H,7-11H2,1-2H3,(H,17,20). The van der Waals surface area contributed by atoms with E-state index in [0.29, 0.717) is 19.6 Å². The molecule has 4 nitrogen and oxygen atoms in total. The molecular weight excluding hydrogens is 252 g/mol. The van der Waals surface area contributed by atoms with Gasteiger partial charge in [-0.05, 0) is 30.9 Å². The quantitative estimate of drug-likeness (QED) is 0.914. The van der Waals surface area contributed by atoms with Gasteiger partial charge in [-0.2, -0.15) is 0 Å². The molecule has 4 heteroatoms. The molecule has 0 radical (unpaired) electrons. The summed E-state index contributed by atoms with van der Waals surface area (Å²) >= 11 is 0. The van der Waals surface area contributed by atoms with Crippen molar-refractivity contribution in [1.82, 2.24) is 10.2 Å². The van der Waals surface area contributed by atoms with Gasteiger partial charge < -0.3 is 10.2 Å². The Morgan fingerprint density at radius 1 is 1.25 bits per heavy atom. The maximum atomic E-state index is 12.1. The number of rotatable bonds is 3. The molecule has 1 aliphatic heterocycles. The largest absolute Gasteiger partial charge is 0.352 e. The van der Waals surface area contributed by atoms with Crippen molar-refractivity contribution < 1.29 is 9.59 Å². The van der Waals surface area contributed by atoms with E-state index in [-0.39, 0.29) is 17.7 Å². The van der Waals surface area contributed by atoms with Gasteiger partial charge in [0.25, 0.3) is 0 Å². The number of likely N-dealkylation sites (tertiary alicyclic amines) is 1. The Labute approximate surface area is 120 Å². The van der Waals surface area contributed by atoms with Crippen molar-refractivity contribution in [2.45, 2.75) is 33.2 Å². The Balaban J connectivity index is 1.82. The molecule has 1 fully saturated rings. The van der Waals surface area contributed by atoms with Crippen LogP contribution in [0.3, 0.4) is 0 Å². The number of aryl methyl sites for hydroxylation is 1. The van der Waals surface area contributed by atoms with Gasteiger partial charge >= 0.3 is 0 Å². The van der Waals surface area contributed by atoms with Crippen LogP contribution in [0.25, 0.3) is 0 Å². The maximum Gasteiger partial charge on any atom is 0.223 e. The van der Waals surface area contributed by atoms with Crippen molar-refractivity contribution in [3.63, 3.8) is 0 Å². The Hall–Kier alpha value is -1.84. The van der Waals surface area contributed by atoms with E-state index in [0.717, 1.165) is 18.4 Å². The lowest BCUT2D eigenvalue weighted by Crippen LogP contribution is -2.42. The molecule has 2 amide bonds. The minimum atomic E-state index is 0.0367. The number of nitrogens with zero attached hydrogens (tertiary/aromatic N) is 1. The molecule has 0 aromatic heterocycles. The van der Waals surface area contributed by atoms with Crippen LogP contribution < -0.4 is 5.32 Å². The van der Waals surface area contributed by atoms with Gasteiger partial charge in [0.1, 0.15) is 0 Å². The molecule has 108 valence electrons. The number of carbonyl (C=O) groups excluding carboxylic acids is 2. The van der Waals surface area contributed by atoms with E-state index in [1.54, 1.807) is 6.92 Å². The van der Waals surface area contributed by atoms with Crippen LogP contribution in [0.2, 0.25) is 0 Å². The van der Waals surface area contributed by atoms with E-state index in [9.17, 15) is 9.59 Å². The highest BCUT2D eigenvalue weighted by atomic mass is 16.2. The van der Waals surface area contributed by atoms with E-state index >= 15 is 0 Å². The number of hydrogen-bond donors (Lipinski definition) is 1. The number of nitrogens with one attached hydrogen (secondary N) is 1. The van der Waals surface area contributed by atoms with Crippen LogP contribution >= 0.6 is 0 Å². The molecule has 0 saturated carbocycles. The molecule has 1 heterocycles. The normalized spacial score (nSPS) is 16.0. The van der Waals surface area contributed by atoms with Gasteiger partial charge in [0.05, 0.1) is 0 Å². The highest BCUT2D eigenvalue weighted by molar-refractivity contribution is 5.79. The molecule has 2 rings (SSSR count). The van der Waals surface area contributed by atoms with Crippen molar-refractivity contribution in [2.24, 2.45) is 5.92 Å². The molecule has 0 aliphatic carbocycles. The van der Waals surface area contributed by atoms with Crippen molar-refractivity contribution >= 4 is 11.8 Å². The van der Waals surface area contributed by atoms with Crippen LogP contribution in [0, 0.1) is 12.8 Å². The van der Waals surface area contributed by atoms with E-state index in [2.05, 4.69) is 5.32 Å². The lowest BCUT2D eigenvalue weighted by molar-refractivity contribution is -0.134. The van der Waals surface area contributed by atoms with Gasteiger partial charge in [0, 0.05) is 32.5 Å². The Bertz CT molecular complexity index is 491. The summed E-state index contributed by atoms with van der Waals surface area (Å²) in [6, 6.07) is 8.07. The number of hydrogen-bond acceptors (Lipinski definition) is 2. The molecular formula is C16H22N2O2. The summed E-state index contributed by atoms with van der Waals surface area (Å²) in [7, 11) is 0. The molecule has 0 atom stereocenters. The number of piperidine rings is 1. The Morgan fingerprint density at radius 3 is 2.50 bits per heavy atom.